The minimum atomic E-state index is -3.58. The second kappa shape index (κ2) is 9.32. The monoisotopic (exact) mass is 444 g/mol. The highest BCUT2D eigenvalue weighted by Gasteiger charge is 2.22. The molecule has 6 nitrogen and oxygen atoms in total. The van der Waals surface area contributed by atoms with Gasteiger partial charge in [0.1, 0.15) is 9.96 Å². The molecule has 0 aliphatic rings. The fraction of sp³-hybridized carbons (Fsp3) is 0.227. The normalized spacial score (nSPS) is 11.3. The largest absolute Gasteiger partial charge is 0.484 e. The maximum atomic E-state index is 12.6. The van der Waals surface area contributed by atoms with Gasteiger partial charge in [0.25, 0.3) is 15.9 Å². The van der Waals surface area contributed by atoms with Gasteiger partial charge in [0.15, 0.2) is 6.61 Å². The molecule has 0 aliphatic carbocycles. The van der Waals surface area contributed by atoms with E-state index in [-0.39, 0.29) is 16.7 Å². The van der Waals surface area contributed by atoms with Crippen molar-refractivity contribution in [1.29, 1.82) is 0 Å². The maximum Gasteiger partial charge on any atom is 0.273 e. The molecule has 0 bridgehead atoms. The van der Waals surface area contributed by atoms with Gasteiger partial charge in [-0.3, -0.25) is 9.10 Å². The van der Waals surface area contributed by atoms with Crippen molar-refractivity contribution < 1.29 is 17.9 Å². The first-order valence-electron chi connectivity index (χ1n) is 9.42. The second-order valence-corrected chi connectivity index (χ2v) is 10.2. The van der Waals surface area contributed by atoms with E-state index in [1.165, 1.54) is 22.7 Å². The molecule has 0 unspecified atom stereocenters. The summed E-state index contributed by atoms with van der Waals surface area (Å²) in [5.74, 6) is 0.586. The van der Waals surface area contributed by atoms with Crippen LogP contribution in [0.3, 0.4) is 0 Å². The maximum absolute atomic E-state index is 12.6. The number of sulfonamides is 1. The molecule has 0 radical (unpaired) electrons. The molecular weight excluding hydrogens is 420 g/mol. The molecule has 1 aromatic heterocycles. The number of hydrogen-bond acceptors (Lipinski definition) is 5. The summed E-state index contributed by atoms with van der Waals surface area (Å²) in [6.45, 7) is 4.04. The SMILES string of the molecule is CC(C)c1cccc(NC(=O)COc2ccc(N(C)S(=O)(=O)c3cccs3)cc2)c1. The number of nitrogens with zero attached hydrogens (tertiary/aromatic N) is 1. The van der Waals surface area contributed by atoms with Gasteiger partial charge in [0.2, 0.25) is 0 Å². The fourth-order valence-electron chi connectivity index (χ4n) is 2.76. The number of carbonyl (C=O) groups is 1. The van der Waals surface area contributed by atoms with Gasteiger partial charge >= 0.3 is 0 Å². The van der Waals surface area contributed by atoms with E-state index in [0.717, 1.165) is 11.3 Å². The van der Waals surface area contributed by atoms with Gasteiger partial charge in [-0.2, -0.15) is 0 Å². The Labute approximate surface area is 181 Å². The quantitative estimate of drug-likeness (QED) is 0.546. The van der Waals surface area contributed by atoms with Crippen LogP contribution in [0.1, 0.15) is 25.3 Å². The predicted octanol–water partition coefficient (Wildman–Crippen LogP) is 4.71. The summed E-state index contributed by atoms with van der Waals surface area (Å²) in [4.78, 5) is 12.2. The van der Waals surface area contributed by atoms with Crippen LogP contribution in [0.4, 0.5) is 11.4 Å². The minimum absolute atomic E-state index is 0.144. The van der Waals surface area contributed by atoms with E-state index in [1.807, 2.05) is 24.3 Å². The fourth-order valence-corrected chi connectivity index (χ4v) is 5.11. The number of amides is 1. The van der Waals surface area contributed by atoms with E-state index >= 15 is 0 Å². The van der Waals surface area contributed by atoms with E-state index in [0.29, 0.717) is 17.4 Å². The molecule has 1 N–H and O–H groups in total. The van der Waals surface area contributed by atoms with E-state index in [9.17, 15) is 13.2 Å². The summed E-state index contributed by atoms with van der Waals surface area (Å²) in [6, 6.07) is 17.6. The van der Waals surface area contributed by atoms with E-state index < -0.39 is 10.0 Å². The van der Waals surface area contributed by atoms with Crippen LogP contribution in [0.25, 0.3) is 0 Å². The summed E-state index contributed by atoms with van der Waals surface area (Å²) >= 11 is 1.17. The molecule has 1 amide bonds. The third-order valence-electron chi connectivity index (χ3n) is 4.52. The number of carbonyl (C=O) groups excluding carboxylic acids is 1. The molecule has 3 aromatic rings. The number of nitrogens with one attached hydrogen (secondary N) is 1. The van der Waals surface area contributed by atoms with Crippen molar-refractivity contribution >= 4 is 38.6 Å². The predicted molar refractivity (Wildman–Crippen MR) is 121 cm³/mol. The summed E-state index contributed by atoms with van der Waals surface area (Å²) in [7, 11) is -2.08. The Hall–Kier alpha value is -2.84. The van der Waals surface area contributed by atoms with Crippen LogP contribution in [0.2, 0.25) is 0 Å². The Bertz CT molecular complexity index is 1090. The molecule has 3 rings (SSSR count). The molecule has 0 saturated carbocycles. The zero-order valence-corrected chi connectivity index (χ0v) is 18.7. The van der Waals surface area contributed by atoms with Crippen LogP contribution < -0.4 is 14.4 Å². The highest BCUT2D eigenvalue weighted by Crippen LogP contribution is 2.26. The van der Waals surface area contributed by atoms with Crippen LogP contribution in [-0.4, -0.2) is 28.0 Å². The average Bonchev–Trinajstić information content (AvgIpc) is 3.28. The van der Waals surface area contributed by atoms with Gasteiger partial charge in [0.05, 0.1) is 5.69 Å². The zero-order valence-electron chi connectivity index (χ0n) is 17.0. The Kier molecular flexibility index (Phi) is 6.79. The number of thiophene rings is 1. The van der Waals surface area contributed by atoms with Crippen molar-refractivity contribution in [3.63, 3.8) is 0 Å². The molecule has 30 heavy (non-hydrogen) atoms. The smallest absolute Gasteiger partial charge is 0.273 e. The number of anilines is 2. The molecule has 8 heteroatoms. The Morgan fingerprint density at radius 3 is 2.47 bits per heavy atom. The van der Waals surface area contributed by atoms with Gasteiger partial charge in [-0.15, -0.1) is 11.3 Å². The number of hydrogen-bond donors (Lipinski definition) is 1. The highest BCUT2D eigenvalue weighted by molar-refractivity contribution is 7.94. The lowest BCUT2D eigenvalue weighted by Crippen LogP contribution is -2.25. The summed E-state index contributed by atoms with van der Waals surface area (Å²) in [5.41, 5.74) is 2.38. The Balaban J connectivity index is 1.58. The van der Waals surface area contributed by atoms with Crippen LogP contribution in [0, 0.1) is 0 Å². The Morgan fingerprint density at radius 2 is 1.83 bits per heavy atom. The molecule has 0 saturated heterocycles. The van der Waals surface area contributed by atoms with Crippen molar-refractivity contribution in [1.82, 2.24) is 0 Å². The van der Waals surface area contributed by atoms with Gasteiger partial charge < -0.3 is 10.1 Å². The minimum Gasteiger partial charge on any atom is -0.484 e. The van der Waals surface area contributed by atoms with Crippen LogP contribution >= 0.6 is 11.3 Å². The van der Waals surface area contributed by atoms with Crippen molar-refractivity contribution in [2.45, 2.75) is 24.0 Å². The summed E-state index contributed by atoms with van der Waals surface area (Å²) < 4.78 is 32.2. The molecule has 0 aliphatic heterocycles. The topological polar surface area (TPSA) is 75.7 Å². The van der Waals surface area contributed by atoms with Crippen molar-refractivity contribution in [2.24, 2.45) is 0 Å². The average molecular weight is 445 g/mol. The highest BCUT2D eigenvalue weighted by atomic mass is 32.2. The zero-order chi connectivity index (χ0) is 21.7. The van der Waals surface area contributed by atoms with Crippen LogP contribution in [0.15, 0.2) is 70.3 Å². The molecule has 0 fully saturated rings. The van der Waals surface area contributed by atoms with Crippen molar-refractivity contribution in [2.75, 3.05) is 23.3 Å². The van der Waals surface area contributed by atoms with Crippen molar-refractivity contribution in [3.8, 4) is 5.75 Å². The molecule has 1 heterocycles. The first-order chi connectivity index (χ1) is 14.3. The molecule has 0 spiro atoms. The molecule has 0 atom stereocenters. The number of benzene rings is 2. The Morgan fingerprint density at radius 1 is 1.10 bits per heavy atom. The third kappa shape index (κ3) is 5.20. The molecule has 158 valence electrons. The summed E-state index contributed by atoms with van der Waals surface area (Å²) in [6.07, 6.45) is 0. The second-order valence-electron chi connectivity index (χ2n) is 7.02. The lowest BCUT2D eigenvalue weighted by Gasteiger charge is -2.18. The van der Waals surface area contributed by atoms with E-state index in [2.05, 4.69) is 19.2 Å². The standard InChI is InChI=1S/C22H24N2O4S2/c1-16(2)17-6-4-7-18(14-17)23-21(25)15-28-20-11-9-19(10-12-20)24(3)30(26,27)22-8-5-13-29-22/h4-14,16H,15H2,1-3H3,(H,23,25). The first-order valence-corrected chi connectivity index (χ1v) is 11.7. The van der Waals surface area contributed by atoms with Crippen molar-refractivity contribution in [3.05, 3.63) is 71.6 Å². The molecular formula is C22H24N2O4S2. The van der Waals surface area contributed by atoms with E-state index in [4.69, 9.17) is 4.74 Å². The summed E-state index contributed by atoms with van der Waals surface area (Å²) in [5, 5.41) is 4.55. The van der Waals surface area contributed by atoms with Gasteiger partial charge in [0, 0.05) is 12.7 Å². The number of rotatable bonds is 8. The van der Waals surface area contributed by atoms with E-state index in [1.54, 1.807) is 41.8 Å². The van der Waals surface area contributed by atoms with Gasteiger partial charge in [-0.05, 0) is 59.3 Å². The van der Waals surface area contributed by atoms with Crippen LogP contribution in [-0.2, 0) is 14.8 Å². The third-order valence-corrected chi connectivity index (χ3v) is 7.68. The number of ether oxygens (including phenoxy) is 1. The first kappa shape index (κ1) is 21.9. The van der Waals surface area contributed by atoms with Crippen LogP contribution in [0.5, 0.6) is 5.75 Å². The molecule has 2 aromatic carbocycles. The van der Waals surface area contributed by atoms with Gasteiger partial charge in [-0.25, -0.2) is 8.42 Å². The lowest BCUT2D eigenvalue weighted by molar-refractivity contribution is -0.118. The lowest BCUT2D eigenvalue weighted by atomic mass is 10.0. The van der Waals surface area contributed by atoms with Gasteiger partial charge in [-0.1, -0.05) is 32.0 Å².